The molecule has 0 aromatic carbocycles. The van der Waals surface area contributed by atoms with Crippen LogP contribution in [0.4, 0.5) is 0 Å². The summed E-state index contributed by atoms with van der Waals surface area (Å²) in [6.45, 7) is 4.65. The maximum absolute atomic E-state index is 13.1. The number of aliphatic hydroxyl groups excluding tert-OH is 1. The molecule has 0 fully saturated rings. The average Bonchev–Trinajstić information content (AvgIpc) is 3.49. The molecule has 0 aromatic rings. The molecule has 0 saturated carbocycles. The normalized spacial score (nSPS) is 14.1. The number of amides is 1. The number of carbonyl (C=O) groups excluding carboxylic acids is 1. The van der Waals surface area contributed by atoms with Crippen molar-refractivity contribution in [2.75, 3.05) is 40.9 Å². The SMILES string of the molecule is CC/C=C\C/C=C\C/C=C\C/C=C\C/C=C\C/C=C\CCCCCCCCCCCCCCC(=O)NC(COP(=O)([O-])OCC[N+](C)(C)C)C(O)CCCCCCCCCCCCCCCCCCCCCCCCCCCCCCCC. The number of nitrogens with zero attached hydrogens (tertiary/aromatic N) is 1. The van der Waals surface area contributed by atoms with E-state index in [1.807, 2.05) is 21.1 Å². The molecule has 1 amide bonds. The number of allylic oxidation sites excluding steroid dienone is 12. The van der Waals surface area contributed by atoms with Crippen LogP contribution in [-0.4, -0.2) is 68.5 Å². The molecule has 9 heteroatoms. The molecule has 0 radical (unpaired) electrons. The van der Waals surface area contributed by atoms with Crippen LogP contribution in [0.3, 0.4) is 0 Å². The second-order valence-corrected chi connectivity index (χ2v) is 27.0. The van der Waals surface area contributed by atoms with Crippen LogP contribution in [0, 0.1) is 0 Å². The van der Waals surface area contributed by atoms with Gasteiger partial charge in [0, 0.05) is 6.42 Å². The van der Waals surface area contributed by atoms with E-state index in [2.05, 4.69) is 92.1 Å². The number of likely N-dealkylation sites (N-methyl/N-ethyl adjacent to an activating group) is 1. The zero-order valence-corrected chi connectivity index (χ0v) is 56.5. The van der Waals surface area contributed by atoms with E-state index in [-0.39, 0.29) is 19.1 Å². The highest BCUT2D eigenvalue weighted by molar-refractivity contribution is 7.45. The van der Waals surface area contributed by atoms with Gasteiger partial charge < -0.3 is 28.8 Å². The van der Waals surface area contributed by atoms with Crippen LogP contribution in [0.5, 0.6) is 0 Å². The standard InChI is InChI=1S/C74H139N2O6P/c1-6-8-10-12-14-16-18-20-22-24-26-28-30-32-34-36-38-40-42-44-46-48-50-52-54-56-58-60-62-64-66-68-74(78)75-72(71-82-83(79,80)81-70-69-76(3,4)5)73(77)67-65-63-61-59-57-55-53-51-49-47-45-43-41-39-37-35-33-31-29-27-25-23-21-19-17-15-13-11-9-7-2/h8,10,14,16,20,22,26,28,32,34,38,40,72-73,77H,6-7,9,11-13,15,17-19,21,23-25,27,29-31,33,35-37,39,41-71H2,1-5H3,(H-,75,78,79,80)/b10-8-,16-14-,22-20-,28-26-,34-32-,40-38-. The molecule has 486 valence electrons. The van der Waals surface area contributed by atoms with Crippen LogP contribution in [0.1, 0.15) is 341 Å². The number of quaternary nitrogens is 1. The Kier molecular flexibility index (Phi) is 62.8. The van der Waals surface area contributed by atoms with Gasteiger partial charge in [-0.2, -0.15) is 0 Å². The van der Waals surface area contributed by atoms with Crippen molar-refractivity contribution < 1.29 is 32.9 Å². The van der Waals surface area contributed by atoms with E-state index in [1.165, 1.54) is 238 Å². The highest BCUT2D eigenvalue weighted by Crippen LogP contribution is 2.38. The van der Waals surface area contributed by atoms with Crippen molar-refractivity contribution in [2.24, 2.45) is 0 Å². The minimum absolute atomic E-state index is 0.0103. The lowest BCUT2D eigenvalue weighted by Crippen LogP contribution is -2.46. The Hall–Kier alpha value is -2.06. The zero-order valence-electron chi connectivity index (χ0n) is 55.6. The fourth-order valence-electron chi connectivity index (χ4n) is 10.7. The van der Waals surface area contributed by atoms with Gasteiger partial charge in [-0.05, 0) is 64.2 Å². The van der Waals surface area contributed by atoms with E-state index < -0.39 is 20.0 Å². The zero-order chi connectivity index (χ0) is 60.5. The summed E-state index contributed by atoms with van der Waals surface area (Å²) in [6, 6.07) is -0.807. The maximum atomic E-state index is 13.1. The van der Waals surface area contributed by atoms with Crippen LogP contribution in [0.2, 0.25) is 0 Å². The summed E-state index contributed by atoms with van der Waals surface area (Å²) < 4.78 is 23.6. The van der Waals surface area contributed by atoms with Crippen molar-refractivity contribution in [2.45, 2.75) is 353 Å². The maximum Gasteiger partial charge on any atom is 0.268 e. The minimum Gasteiger partial charge on any atom is -0.756 e. The molecule has 0 rings (SSSR count). The van der Waals surface area contributed by atoms with Gasteiger partial charge in [0.2, 0.25) is 5.91 Å². The number of phosphoric acid groups is 1. The molecule has 0 aromatic heterocycles. The summed E-state index contributed by atoms with van der Waals surface area (Å²) in [6.07, 6.45) is 89.8. The number of rotatable bonds is 66. The molecular weight excluding hydrogens is 1040 g/mol. The van der Waals surface area contributed by atoms with Gasteiger partial charge in [-0.15, -0.1) is 0 Å². The van der Waals surface area contributed by atoms with Crippen LogP contribution < -0.4 is 10.2 Å². The number of phosphoric ester groups is 1. The lowest BCUT2D eigenvalue weighted by molar-refractivity contribution is -0.870. The largest absolute Gasteiger partial charge is 0.756 e. The Labute approximate surface area is 516 Å². The molecule has 0 aliphatic heterocycles. The number of hydrogen-bond donors (Lipinski definition) is 2. The van der Waals surface area contributed by atoms with E-state index in [4.69, 9.17) is 9.05 Å². The van der Waals surface area contributed by atoms with Crippen LogP contribution in [0.15, 0.2) is 72.9 Å². The fraction of sp³-hybridized carbons (Fsp3) is 0.824. The molecule has 0 bridgehead atoms. The van der Waals surface area contributed by atoms with E-state index in [9.17, 15) is 19.4 Å². The predicted octanol–water partition coefficient (Wildman–Crippen LogP) is 22.3. The van der Waals surface area contributed by atoms with Gasteiger partial charge in [-0.3, -0.25) is 9.36 Å². The Bertz CT molecular complexity index is 1580. The van der Waals surface area contributed by atoms with Crippen molar-refractivity contribution >= 4 is 13.7 Å². The third kappa shape index (κ3) is 67.3. The highest BCUT2D eigenvalue weighted by Gasteiger charge is 2.24. The Morgan fingerprint density at radius 3 is 1.07 bits per heavy atom. The summed E-state index contributed by atoms with van der Waals surface area (Å²) >= 11 is 0. The number of unbranched alkanes of at least 4 members (excludes halogenated alkanes) is 41. The Morgan fingerprint density at radius 1 is 0.434 bits per heavy atom. The third-order valence-corrected chi connectivity index (χ3v) is 17.2. The molecule has 83 heavy (non-hydrogen) atoms. The first-order chi connectivity index (χ1) is 40.5. The minimum atomic E-state index is -4.59. The average molecular weight is 1180 g/mol. The third-order valence-electron chi connectivity index (χ3n) is 16.2. The quantitative estimate of drug-likeness (QED) is 0.0272. The van der Waals surface area contributed by atoms with E-state index >= 15 is 0 Å². The van der Waals surface area contributed by atoms with Crippen molar-refractivity contribution in [1.29, 1.82) is 0 Å². The summed E-state index contributed by atoms with van der Waals surface area (Å²) in [7, 11) is 1.31. The number of carbonyl (C=O) groups is 1. The van der Waals surface area contributed by atoms with Gasteiger partial charge in [0.15, 0.2) is 0 Å². The molecule has 2 N–H and O–H groups in total. The van der Waals surface area contributed by atoms with E-state index in [0.717, 1.165) is 77.0 Å². The lowest BCUT2D eigenvalue weighted by Gasteiger charge is -2.30. The van der Waals surface area contributed by atoms with Crippen molar-refractivity contribution in [3.63, 3.8) is 0 Å². The molecule has 0 heterocycles. The van der Waals surface area contributed by atoms with Crippen molar-refractivity contribution in [3.05, 3.63) is 72.9 Å². The van der Waals surface area contributed by atoms with Crippen molar-refractivity contribution in [1.82, 2.24) is 5.32 Å². The van der Waals surface area contributed by atoms with E-state index in [0.29, 0.717) is 23.9 Å². The van der Waals surface area contributed by atoms with Crippen molar-refractivity contribution in [3.8, 4) is 0 Å². The molecule has 0 saturated heterocycles. The molecule has 0 aliphatic rings. The first-order valence-electron chi connectivity index (χ1n) is 35.8. The number of aliphatic hydroxyl groups is 1. The molecule has 3 atom stereocenters. The van der Waals surface area contributed by atoms with Gasteiger partial charge in [-0.25, -0.2) is 0 Å². The second-order valence-electron chi connectivity index (χ2n) is 25.6. The number of hydrogen-bond acceptors (Lipinski definition) is 6. The Balaban J connectivity index is 4.04. The summed E-state index contributed by atoms with van der Waals surface area (Å²) in [5, 5.41) is 14.1. The highest BCUT2D eigenvalue weighted by atomic mass is 31.2. The summed E-state index contributed by atoms with van der Waals surface area (Å²) in [5.41, 5.74) is 0. The lowest BCUT2D eigenvalue weighted by atomic mass is 10.0. The molecule has 0 spiro atoms. The van der Waals surface area contributed by atoms with Gasteiger partial charge in [0.1, 0.15) is 13.2 Å². The second kappa shape index (κ2) is 64.4. The van der Waals surface area contributed by atoms with Gasteiger partial charge in [-0.1, -0.05) is 344 Å². The first kappa shape index (κ1) is 80.9. The summed E-state index contributed by atoms with van der Waals surface area (Å²) in [5.74, 6) is -0.164. The van der Waals surface area contributed by atoms with Crippen LogP contribution in [-0.2, 0) is 18.4 Å². The van der Waals surface area contributed by atoms with Crippen LogP contribution in [0.25, 0.3) is 0 Å². The van der Waals surface area contributed by atoms with Crippen LogP contribution >= 0.6 is 7.82 Å². The molecule has 0 aliphatic carbocycles. The first-order valence-corrected chi connectivity index (χ1v) is 37.2. The Morgan fingerprint density at radius 2 is 0.735 bits per heavy atom. The monoisotopic (exact) mass is 1180 g/mol. The predicted molar refractivity (Wildman–Crippen MR) is 362 cm³/mol. The molecule has 3 unspecified atom stereocenters. The number of nitrogens with one attached hydrogen (secondary N) is 1. The topological polar surface area (TPSA) is 108 Å². The van der Waals surface area contributed by atoms with Gasteiger partial charge in [0.05, 0.1) is 39.9 Å². The smallest absolute Gasteiger partial charge is 0.268 e. The van der Waals surface area contributed by atoms with E-state index in [1.54, 1.807) is 0 Å². The molecule has 8 nitrogen and oxygen atoms in total. The van der Waals surface area contributed by atoms with Gasteiger partial charge in [0.25, 0.3) is 7.82 Å². The fourth-order valence-corrected chi connectivity index (χ4v) is 11.4. The van der Waals surface area contributed by atoms with Gasteiger partial charge >= 0.3 is 0 Å². The molecular formula is C74H139N2O6P. The summed E-state index contributed by atoms with van der Waals surface area (Å²) in [4.78, 5) is 25.7.